The first-order valence-electron chi connectivity index (χ1n) is 10.0. The number of nitrogens with zero attached hydrogens (tertiary/aromatic N) is 3. The van der Waals surface area contributed by atoms with Crippen molar-refractivity contribution < 1.29 is 27.5 Å². The zero-order chi connectivity index (χ0) is 23.8. The molecule has 0 radical (unpaired) electrons. The van der Waals surface area contributed by atoms with E-state index in [1.807, 2.05) is 16.7 Å². The Kier molecular flexibility index (Phi) is 6.16. The zero-order valence-electron chi connectivity index (χ0n) is 17.5. The van der Waals surface area contributed by atoms with Crippen molar-refractivity contribution in [2.75, 3.05) is 7.11 Å². The molecule has 0 bridgehead atoms. The molecule has 1 aliphatic heterocycles. The van der Waals surface area contributed by atoms with Crippen LogP contribution in [0.2, 0.25) is 5.02 Å². The Hall–Kier alpha value is -3.33. The molecular weight excluding hydrogens is 459 g/mol. The molecule has 0 N–H and O–H groups in total. The van der Waals surface area contributed by atoms with Crippen LogP contribution in [0.25, 0.3) is 0 Å². The van der Waals surface area contributed by atoms with Gasteiger partial charge in [0.25, 0.3) is 5.91 Å². The molecule has 172 valence electrons. The molecule has 3 aromatic rings. The van der Waals surface area contributed by atoms with Crippen LogP contribution in [0.5, 0.6) is 0 Å². The number of carbonyl (C=O) groups is 2. The lowest BCUT2D eigenvalue weighted by Crippen LogP contribution is -2.49. The monoisotopic (exact) mass is 477 g/mol. The number of ether oxygens (including phenoxy) is 1. The number of imidazole rings is 1. The molecular formula is C23H19ClF3N3O3. The zero-order valence-corrected chi connectivity index (χ0v) is 18.2. The maximum atomic E-state index is 13.2. The van der Waals surface area contributed by atoms with Crippen molar-refractivity contribution in [1.29, 1.82) is 0 Å². The molecule has 2 heterocycles. The molecule has 2 aromatic carbocycles. The summed E-state index contributed by atoms with van der Waals surface area (Å²) in [6.45, 7) is 0.535. The first-order valence-corrected chi connectivity index (χ1v) is 10.4. The number of amides is 1. The molecule has 0 spiro atoms. The standard InChI is InChI=1S/C23H19ClF3N3O3/c1-33-22(32)19-10-18-20(29(13-28-18)11-14-2-8-17(24)9-3-14)12-30(19)21(31)15-4-6-16(7-5-15)23(25,26)27/h2-9,13,19H,10-12H2,1H3/t19-/m0/s1. The van der Waals surface area contributed by atoms with Crippen molar-refractivity contribution >= 4 is 23.5 Å². The van der Waals surface area contributed by atoms with Crippen LogP contribution in [0.3, 0.4) is 0 Å². The number of alkyl halides is 3. The van der Waals surface area contributed by atoms with Crippen molar-refractivity contribution in [3.05, 3.63) is 88.0 Å². The summed E-state index contributed by atoms with van der Waals surface area (Å²) in [5.74, 6) is -1.18. The van der Waals surface area contributed by atoms with Crippen LogP contribution in [0, 0.1) is 0 Å². The third-order valence-corrected chi connectivity index (χ3v) is 5.83. The summed E-state index contributed by atoms with van der Waals surface area (Å²) in [4.78, 5) is 31.4. The number of esters is 1. The van der Waals surface area contributed by atoms with E-state index in [-0.39, 0.29) is 18.5 Å². The van der Waals surface area contributed by atoms with Gasteiger partial charge in [-0.15, -0.1) is 0 Å². The van der Waals surface area contributed by atoms with Crippen LogP contribution in [-0.2, 0) is 35.2 Å². The van der Waals surface area contributed by atoms with Gasteiger partial charge in [-0.3, -0.25) is 4.79 Å². The van der Waals surface area contributed by atoms with Crippen LogP contribution in [0.1, 0.15) is 32.9 Å². The smallest absolute Gasteiger partial charge is 0.416 e. The van der Waals surface area contributed by atoms with Gasteiger partial charge in [0.15, 0.2) is 0 Å². The Labute approximate surface area is 192 Å². The third-order valence-electron chi connectivity index (χ3n) is 5.58. The lowest BCUT2D eigenvalue weighted by Gasteiger charge is -2.34. The SMILES string of the molecule is COC(=O)[C@@H]1Cc2ncn(Cc3ccc(Cl)cc3)c2CN1C(=O)c1ccc(C(F)(F)F)cc1. The summed E-state index contributed by atoms with van der Waals surface area (Å²) in [7, 11) is 1.22. The average Bonchev–Trinajstić information content (AvgIpc) is 3.19. The highest BCUT2D eigenvalue weighted by Crippen LogP contribution is 2.30. The molecule has 0 saturated carbocycles. The van der Waals surface area contributed by atoms with E-state index in [2.05, 4.69) is 4.98 Å². The van der Waals surface area contributed by atoms with Crippen LogP contribution in [0.4, 0.5) is 13.2 Å². The number of halogens is 4. The Balaban J connectivity index is 1.64. The van der Waals surface area contributed by atoms with Gasteiger partial charge in [-0.25, -0.2) is 9.78 Å². The second-order valence-corrected chi connectivity index (χ2v) is 8.08. The van der Waals surface area contributed by atoms with Gasteiger partial charge in [-0.2, -0.15) is 13.2 Å². The van der Waals surface area contributed by atoms with Crippen molar-refractivity contribution in [3.63, 3.8) is 0 Å². The van der Waals surface area contributed by atoms with E-state index in [9.17, 15) is 22.8 Å². The van der Waals surface area contributed by atoms with Gasteiger partial charge >= 0.3 is 12.1 Å². The molecule has 4 rings (SSSR count). The lowest BCUT2D eigenvalue weighted by molar-refractivity contribution is -0.146. The van der Waals surface area contributed by atoms with E-state index in [1.54, 1.807) is 18.5 Å². The topological polar surface area (TPSA) is 64.4 Å². The molecule has 6 nitrogen and oxygen atoms in total. The normalized spacial score (nSPS) is 15.8. The van der Waals surface area contributed by atoms with Crippen LogP contribution < -0.4 is 0 Å². The Morgan fingerprint density at radius 3 is 2.39 bits per heavy atom. The number of hydrogen-bond donors (Lipinski definition) is 0. The maximum Gasteiger partial charge on any atom is 0.416 e. The Morgan fingerprint density at radius 2 is 1.79 bits per heavy atom. The van der Waals surface area contributed by atoms with Crippen molar-refractivity contribution in [1.82, 2.24) is 14.5 Å². The summed E-state index contributed by atoms with van der Waals surface area (Å²) in [6, 6.07) is 10.3. The van der Waals surface area contributed by atoms with E-state index in [4.69, 9.17) is 16.3 Å². The molecule has 33 heavy (non-hydrogen) atoms. The fourth-order valence-electron chi connectivity index (χ4n) is 3.82. The predicted octanol–water partition coefficient (Wildman–Crippen LogP) is 4.34. The fraction of sp³-hybridized carbons (Fsp3) is 0.261. The molecule has 0 saturated heterocycles. The van der Waals surface area contributed by atoms with Gasteiger partial charge in [-0.05, 0) is 42.0 Å². The van der Waals surface area contributed by atoms with E-state index < -0.39 is 29.7 Å². The van der Waals surface area contributed by atoms with E-state index >= 15 is 0 Å². The molecule has 10 heteroatoms. The molecule has 1 atom stereocenters. The van der Waals surface area contributed by atoms with Crippen molar-refractivity contribution in [2.45, 2.75) is 31.7 Å². The van der Waals surface area contributed by atoms with Gasteiger partial charge < -0.3 is 14.2 Å². The summed E-state index contributed by atoms with van der Waals surface area (Å²) in [5.41, 5.74) is 1.56. The van der Waals surface area contributed by atoms with Crippen molar-refractivity contribution in [2.24, 2.45) is 0 Å². The molecule has 0 fully saturated rings. The molecule has 1 amide bonds. The van der Waals surface area contributed by atoms with Crippen LogP contribution in [-0.4, -0.2) is 39.5 Å². The highest BCUT2D eigenvalue weighted by Gasteiger charge is 2.38. The summed E-state index contributed by atoms with van der Waals surface area (Å²) in [5, 5.41) is 0.612. The molecule has 1 aliphatic rings. The minimum absolute atomic E-state index is 0.0455. The summed E-state index contributed by atoms with van der Waals surface area (Å²) < 4.78 is 45.4. The third kappa shape index (κ3) is 4.73. The number of carbonyl (C=O) groups excluding carboxylic acids is 2. The Bertz CT molecular complexity index is 1170. The van der Waals surface area contributed by atoms with Crippen molar-refractivity contribution in [3.8, 4) is 0 Å². The predicted molar refractivity (Wildman–Crippen MR) is 114 cm³/mol. The quantitative estimate of drug-likeness (QED) is 0.524. The fourth-order valence-corrected chi connectivity index (χ4v) is 3.94. The first-order chi connectivity index (χ1) is 15.7. The second-order valence-electron chi connectivity index (χ2n) is 7.64. The minimum Gasteiger partial charge on any atom is -0.467 e. The van der Waals surface area contributed by atoms with Gasteiger partial charge in [0, 0.05) is 23.6 Å². The number of methoxy groups -OCH3 is 1. The Morgan fingerprint density at radius 1 is 1.12 bits per heavy atom. The minimum atomic E-state index is -4.51. The average molecular weight is 478 g/mol. The largest absolute Gasteiger partial charge is 0.467 e. The second kappa shape index (κ2) is 8.90. The highest BCUT2D eigenvalue weighted by atomic mass is 35.5. The van der Waals surface area contributed by atoms with Gasteiger partial charge in [0.2, 0.25) is 0 Å². The summed E-state index contributed by atoms with van der Waals surface area (Å²) >= 11 is 5.95. The lowest BCUT2D eigenvalue weighted by atomic mass is 10.0. The number of aromatic nitrogens is 2. The first kappa shape index (κ1) is 22.8. The molecule has 0 unspecified atom stereocenters. The number of fused-ring (bicyclic) bond motifs is 1. The van der Waals surface area contributed by atoms with E-state index in [0.717, 1.165) is 35.5 Å². The van der Waals surface area contributed by atoms with E-state index in [1.165, 1.54) is 12.0 Å². The molecule has 0 aliphatic carbocycles. The van der Waals surface area contributed by atoms with Crippen LogP contribution >= 0.6 is 11.6 Å². The number of hydrogen-bond acceptors (Lipinski definition) is 4. The van der Waals surface area contributed by atoms with Gasteiger partial charge in [-0.1, -0.05) is 23.7 Å². The van der Waals surface area contributed by atoms with Crippen LogP contribution in [0.15, 0.2) is 54.9 Å². The van der Waals surface area contributed by atoms with Gasteiger partial charge in [0.05, 0.1) is 36.9 Å². The number of benzene rings is 2. The molecule has 1 aromatic heterocycles. The number of rotatable bonds is 4. The maximum absolute atomic E-state index is 13.2. The highest BCUT2D eigenvalue weighted by molar-refractivity contribution is 6.30. The van der Waals surface area contributed by atoms with Gasteiger partial charge in [0.1, 0.15) is 6.04 Å². The summed E-state index contributed by atoms with van der Waals surface area (Å²) in [6.07, 6.45) is -2.73. The van der Waals surface area contributed by atoms with E-state index in [0.29, 0.717) is 17.3 Å².